The van der Waals surface area contributed by atoms with E-state index in [0.717, 1.165) is 0 Å². The van der Waals surface area contributed by atoms with Gasteiger partial charge in [0.25, 0.3) is 5.91 Å². The molecule has 0 unspecified atom stereocenters. The second kappa shape index (κ2) is 8.01. The number of thiocarbonyl (C=S) groups is 1. The molecular weight excluding hydrogens is 359 g/mol. The molecule has 5 nitrogen and oxygen atoms in total. The quantitative estimate of drug-likeness (QED) is 0.566. The van der Waals surface area contributed by atoms with Crippen LogP contribution in [0.25, 0.3) is 0 Å². The van der Waals surface area contributed by atoms with Gasteiger partial charge in [-0.3, -0.25) is 10.1 Å². The molecule has 2 rings (SSSR count). The zero-order valence-electron chi connectivity index (χ0n) is 11.7. The van der Waals surface area contributed by atoms with Crippen molar-refractivity contribution in [3.8, 4) is 11.5 Å². The van der Waals surface area contributed by atoms with Gasteiger partial charge in [-0.15, -0.1) is 0 Å². The van der Waals surface area contributed by atoms with Gasteiger partial charge in [0.2, 0.25) is 0 Å². The summed E-state index contributed by atoms with van der Waals surface area (Å²) in [5.74, 6) is -0.0898. The highest BCUT2D eigenvalue weighted by atomic mass is 35.5. The summed E-state index contributed by atoms with van der Waals surface area (Å²) in [5.41, 5.74) is 0.191. The van der Waals surface area contributed by atoms with Crippen molar-refractivity contribution in [2.24, 2.45) is 0 Å². The monoisotopic (exact) mass is 370 g/mol. The Morgan fingerprint density at radius 1 is 1.22 bits per heavy atom. The van der Waals surface area contributed by atoms with Gasteiger partial charge in [-0.05, 0) is 36.5 Å². The summed E-state index contributed by atoms with van der Waals surface area (Å²) in [5, 5.41) is 15.3. The maximum Gasteiger partial charge on any atom is 0.264 e. The molecule has 0 radical (unpaired) electrons. The van der Waals surface area contributed by atoms with Gasteiger partial charge >= 0.3 is 0 Å². The van der Waals surface area contributed by atoms with Crippen molar-refractivity contribution in [3.63, 3.8) is 0 Å². The SMILES string of the molecule is O=C(COc1ccccc1)NC(=S)Nc1cc(Cl)cc(Cl)c1O. The standard InChI is InChI=1S/C15H12Cl2N2O3S/c16-9-6-11(17)14(21)12(7-9)18-15(23)19-13(20)8-22-10-4-2-1-3-5-10/h1-7,21H,8H2,(H2,18,19,20,23). The molecule has 0 bridgehead atoms. The molecule has 0 aliphatic carbocycles. The van der Waals surface area contributed by atoms with Gasteiger partial charge in [0.15, 0.2) is 17.5 Å². The topological polar surface area (TPSA) is 70.6 Å². The van der Waals surface area contributed by atoms with Crippen LogP contribution in [-0.2, 0) is 4.79 Å². The highest BCUT2D eigenvalue weighted by molar-refractivity contribution is 7.80. The van der Waals surface area contributed by atoms with Gasteiger partial charge in [-0.2, -0.15) is 0 Å². The predicted octanol–water partition coefficient (Wildman–Crippen LogP) is 3.59. The van der Waals surface area contributed by atoms with E-state index in [2.05, 4.69) is 10.6 Å². The smallest absolute Gasteiger partial charge is 0.264 e. The van der Waals surface area contributed by atoms with E-state index in [4.69, 9.17) is 40.2 Å². The first-order valence-electron chi connectivity index (χ1n) is 6.42. The zero-order chi connectivity index (χ0) is 16.8. The lowest BCUT2D eigenvalue weighted by Gasteiger charge is -2.12. The van der Waals surface area contributed by atoms with E-state index in [-0.39, 0.29) is 28.2 Å². The molecule has 3 N–H and O–H groups in total. The number of phenolic OH excluding ortho intramolecular Hbond substituents is 1. The maximum absolute atomic E-state index is 11.8. The predicted molar refractivity (Wildman–Crippen MR) is 94.4 cm³/mol. The summed E-state index contributed by atoms with van der Waals surface area (Å²) >= 11 is 16.6. The number of hydrogen-bond donors (Lipinski definition) is 3. The Labute approximate surface area is 148 Å². The molecule has 2 aromatic carbocycles. The second-order valence-electron chi connectivity index (χ2n) is 4.39. The van der Waals surface area contributed by atoms with E-state index in [1.165, 1.54) is 12.1 Å². The van der Waals surface area contributed by atoms with Crippen LogP contribution in [0, 0.1) is 0 Å². The summed E-state index contributed by atoms with van der Waals surface area (Å²) in [7, 11) is 0. The van der Waals surface area contributed by atoms with Crippen LogP contribution in [0.15, 0.2) is 42.5 Å². The number of carbonyl (C=O) groups excluding carboxylic acids is 1. The molecule has 1 amide bonds. The first-order chi connectivity index (χ1) is 11.0. The minimum Gasteiger partial charge on any atom is -0.504 e. The van der Waals surface area contributed by atoms with Crippen molar-refractivity contribution in [2.45, 2.75) is 0 Å². The van der Waals surface area contributed by atoms with E-state index >= 15 is 0 Å². The molecule has 0 aromatic heterocycles. The van der Waals surface area contributed by atoms with Crippen molar-refractivity contribution < 1.29 is 14.6 Å². The lowest BCUT2D eigenvalue weighted by molar-refractivity contribution is -0.121. The Morgan fingerprint density at radius 2 is 1.91 bits per heavy atom. The van der Waals surface area contributed by atoms with Gasteiger partial charge in [-0.25, -0.2) is 0 Å². The highest BCUT2D eigenvalue weighted by Crippen LogP contribution is 2.34. The molecule has 8 heteroatoms. The number of rotatable bonds is 4. The molecule has 0 spiro atoms. The van der Waals surface area contributed by atoms with Crippen LogP contribution in [0.3, 0.4) is 0 Å². The molecular formula is C15H12Cl2N2O3S. The second-order valence-corrected chi connectivity index (χ2v) is 5.64. The average molecular weight is 371 g/mol. The Morgan fingerprint density at radius 3 is 2.61 bits per heavy atom. The molecule has 0 aliphatic rings. The largest absolute Gasteiger partial charge is 0.504 e. The number of carbonyl (C=O) groups is 1. The van der Waals surface area contributed by atoms with Crippen LogP contribution in [0.2, 0.25) is 10.0 Å². The molecule has 120 valence electrons. The third-order valence-electron chi connectivity index (χ3n) is 2.64. The van der Waals surface area contributed by atoms with Crippen LogP contribution in [0.5, 0.6) is 11.5 Å². The average Bonchev–Trinajstić information content (AvgIpc) is 2.51. The molecule has 0 aliphatic heterocycles. The molecule has 0 fully saturated rings. The minimum absolute atomic E-state index is 0.0136. The Hall–Kier alpha value is -2.02. The lowest BCUT2D eigenvalue weighted by Crippen LogP contribution is -2.37. The number of ether oxygens (including phenoxy) is 1. The van der Waals surface area contributed by atoms with E-state index in [0.29, 0.717) is 10.8 Å². The van der Waals surface area contributed by atoms with E-state index < -0.39 is 5.91 Å². The summed E-state index contributed by atoms with van der Waals surface area (Å²) in [6.07, 6.45) is 0. The van der Waals surface area contributed by atoms with E-state index in [9.17, 15) is 9.90 Å². The number of halogens is 2. The van der Waals surface area contributed by atoms with Gasteiger partial charge in [0.05, 0.1) is 10.7 Å². The van der Waals surface area contributed by atoms with Crippen LogP contribution in [-0.4, -0.2) is 22.7 Å². The van der Waals surface area contributed by atoms with Gasteiger partial charge < -0.3 is 15.2 Å². The highest BCUT2D eigenvalue weighted by Gasteiger charge is 2.11. The lowest BCUT2D eigenvalue weighted by atomic mass is 10.3. The number of benzene rings is 2. The van der Waals surface area contributed by atoms with E-state index in [1.54, 1.807) is 24.3 Å². The number of anilines is 1. The number of hydrogen-bond acceptors (Lipinski definition) is 4. The number of phenols is 1. The molecule has 0 atom stereocenters. The number of amides is 1. The summed E-state index contributed by atoms with van der Waals surface area (Å²) < 4.78 is 5.29. The number of nitrogens with one attached hydrogen (secondary N) is 2. The minimum atomic E-state index is -0.445. The molecule has 0 saturated carbocycles. The van der Waals surface area contributed by atoms with Crippen LogP contribution in [0.1, 0.15) is 0 Å². The fraction of sp³-hybridized carbons (Fsp3) is 0.0667. The summed E-state index contributed by atoms with van der Waals surface area (Å²) in [6, 6.07) is 11.7. The van der Waals surface area contributed by atoms with Crippen molar-refractivity contribution in [3.05, 3.63) is 52.5 Å². The third-order valence-corrected chi connectivity index (χ3v) is 3.35. The van der Waals surface area contributed by atoms with Crippen molar-refractivity contribution in [1.82, 2.24) is 5.32 Å². The van der Waals surface area contributed by atoms with Crippen molar-refractivity contribution in [2.75, 3.05) is 11.9 Å². The summed E-state index contributed by atoms with van der Waals surface area (Å²) in [4.78, 5) is 11.8. The zero-order valence-corrected chi connectivity index (χ0v) is 14.0. The first kappa shape index (κ1) is 17.3. The van der Waals surface area contributed by atoms with Crippen LogP contribution >= 0.6 is 35.4 Å². The van der Waals surface area contributed by atoms with Gasteiger partial charge in [0.1, 0.15) is 5.75 Å². The third kappa shape index (κ3) is 5.28. The van der Waals surface area contributed by atoms with Crippen LogP contribution < -0.4 is 15.4 Å². The normalized spacial score (nSPS) is 10.0. The number of para-hydroxylation sites is 1. The maximum atomic E-state index is 11.8. The fourth-order valence-corrected chi connectivity index (χ4v) is 2.36. The Kier molecular flexibility index (Phi) is 6.04. The van der Waals surface area contributed by atoms with Crippen molar-refractivity contribution >= 4 is 52.1 Å². The van der Waals surface area contributed by atoms with Crippen molar-refractivity contribution in [1.29, 1.82) is 0 Å². The van der Waals surface area contributed by atoms with Crippen LogP contribution in [0.4, 0.5) is 5.69 Å². The fourth-order valence-electron chi connectivity index (χ4n) is 1.64. The molecule has 2 aromatic rings. The molecule has 0 heterocycles. The van der Waals surface area contributed by atoms with Gasteiger partial charge in [0, 0.05) is 5.02 Å². The Balaban J connectivity index is 1.88. The van der Waals surface area contributed by atoms with Gasteiger partial charge in [-0.1, -0.05) is 41.4 Å². The van der Waals surface area contributed by atoms with E-state index in [1.807, 2.05) is 6.07 Å². The first-order valence-corrected chi connectivity index (χ1v) is 7.59. The Bertz CT molecular complexity index is 726. The molecule has 0 saturated heterocycles. The molecule has 23 heavy (non-hydrogen) atoms. The number of aromatic hydroxyl groups is 1. The summed E-state index contributed by atoms with van der Waals surface area (Å²) in [6.45, 7) is -0.200.